The lowest BCUT2D eigenvalue weighted by molar-refractivity contribution is 0.668. The predicted molar refractivity (Wildman–Crippen MR) is 288 cm³/mol. The normalized spacial score (nSPS) is 15.9. The smallest absolute Gasteiger partial charge is 0.143 e. The van der Waals surface area contributed by atoms with Gasteiger partial charge in [0.25, 0.3) is 0 Å². The molecule has 0 saturated carbocycles. The number of fused-ring (bicyclic) bond motifs is 13. The maximum absolute atomic E-state index is 7.19. The Morgan fingerprint density at radius 2 is 0.776 bits per heavy atom. The average molecular weight is 887 g/mol. The van der Waals surface area contributed by atoms with Gasteiger partial charge in [0.1, 0.15) is 11.2 Å². The van der Waals surface area contributed by atoms with Crippen LogP contribution in [-0.4, -0.2) is 0 Å². The van der Waals surface area contributed by atoms with Gasteiger partial charge in [0, 0.05) is 74.1 Å². The molecular weight excluding hydrogens is 849 g/mol. The van der Waals surface area contributed by atoms with Crippen molar-refractivity contribution in [3.63, 3.8) is 0 Å². The zero-order valence-corrected chi connectivity index (χ0v) is 37.8. The van der Waals surface area contributed by atoms with E-state index in [-0.39, 0.29) is 11.8 Å². The van der Waals surface area contributed by atoms with Gasteiger partial charge in [0.2, 0.25) is 0 Å². The van der Waals surface area contributed by atoms with Crippen molar-refractivity contribution in [3.05, 3.63) is 240 Å². The van der Waals surface area contributed by atoms with Crippen LogP contribution in [0.1, 0.15) is 11.1 Å². The molecule has 0 N–H and O–H groups in total. The fourth-order valence-electron chi connectivity index (χ4n) is 11.8. The fourth-order valence-corrected chi connectivity index (χ4v) is 14.1. The van der Waals surface area contributed by atoms with Gasteiger partial charge in [0.15, 0.2) is 0 Å². The standard InChI is InChI=1S/C64H38OS2/c1-3-18-47-45(16-1)60(46-17-2-4-19-48(46)61(47)38-29-32-43-41-14-9-11-26-56(41)66-58(43)35-38)37-28-31-40-53-24-13-25-54(64(53)65-55(40)34-37)63-51-22-7-5-20-49(51)62(50-21-6-8-23-52(50)63)39-30-33-44-42-15-10-12-27-57(42)67-59(44)36-39/h1-36,45,47H. The Morgan fingerprint density at radius 1 is 0.328 bits per heavy atom. The summed E-state index contributed by atoms with van der Waals surface area (Å²) in [6.07, 6.45) is 9.30. The third kappa shape index (κ3) is 5.47. The Labute approximate surface area is 393 Å². The third-order valence-electron chi connectivity index (χ3n) is 14.7. The molecule has 0 spiro atoms. The van der Waals surface area contributed by atoms with Gasteiger partial charge in [0.05, 0.1) is 0 Å². The van der Waals surface area contributed by atoms with Crippen molar-refractivity contribution < 1.29 is 4.42 Å². The second-order valence-electron chi connectivity index (χ2n) is 18.1. The highest BCUT2D eigenvalue weighted by Crippen LogP contribution is 2.49. The van der Waals surface area contributed by atoms with Crippen molar-refractivity contribution in [2.24, 2.45) is 11.8 Å². The van der Waals surface area contributed by atoms with Gasteiger partial charge in [-0.05, 0) is 102 Å². The highest BCUT2D eigenvalue weighted by atomic mass is 32.1. The highest BCUT2D eigenvalue weighted by Gasteiger charge is 2.32. The predicted octanol–water partition coefficient (Wildman–Crippen LogP) is 16.7. The average Bonchev–Trinajstić information content (AvgIpc) is 4.07. The molecule has 3 heterocycles. The molecule has 67 heavy (non-hydrogen) atoms. The quantitative estimate of drug-likeness (QED) is 0.161. The van der Waals surface area contributed by atoms with Crippen molar-refractivity contribution in [1.29, 1.82) is 0 Å². The largest absolute Gasteiger partial charge is 0.455 e. The fraction of sp³-hybridized carbons (Fsp3) is 0.0312. The Balaban J connectivity index is 0.926. The van der Waals surface area contributed by atoms with Crippen LogP contribution in [0, 0.1) is 11.8 Å². The number of para-hydroxylation sites is 1. The number of hydrogen-bond acceptors (Lipinski definition) is 3. The van der Waals surface area contributed by atoms with Gasteiger partial charge in [-0.15, -0.1) is 22.7 Å². The maximum Gasteiger partial charge on any atom is 0.143 e. The maximum atomic E-state index is 7.19. The number of hydrogen-bond donors (Lipinski definition) is 0. The third-order valence-corrected chi connectivity index (χ3v) is 16.9. The molecular formula is C64H38OS2. The molecule has 312 valence electrons. The van der Waals surface area contributed by atoms with Crippen molar-refractivity contribution >= 4 is 118 Å². The molecule has 2 unspecified atom stereocenters. The van der Waals surface area contributed by atoms with E-state index >= 15 is 0 Å². The first-order chi connectivity index (χ1) is 33.2. The lowest BCUT2D eigenvalue weighted by Crippen LogP contribution is -2.40. The van der Waals surface area contributed by atoms with E-state index in [1.165, 1.54) is 111 Å². The molecule has 2 atom stereocenters. The molecule has 3 heteroatoms. The van der Waals surface area contributed by atoms with Crippen molar-refractivity contribution in [1.82, 2.24) is 0 Å². The molecule has 0 fully saturated rings. The van der Waals surface area contributed by atoms with E-state index < -0.39 is 0 Å². The molecule has 0 amide bonds. The van der Waals surface area contributed by atoms with E-state index in [0.717, 1.165) is 27.5 Å². The summed E-state index contributed by atoms with van der Waals surface area (Å²) in [5, 5.41) is 15.1. The van der Waals surface area contributed by atoms with Gasteiger partial charge >= 0.3 is 0 Å². The number of thiophene rings is 2. The first-order valence-electron chi connectivity index (χ1n) is 23.1. The Kier molecular flexibility index (Phi) is 8.01. The van der Waals surface area contributed by atoms with Crippen LogP contribution < -0.4 is 10.4 Å². The molecule has 0 bridgehead atoms. The second-order valence-corrected chi connectivity index (χ2v) is 20.3. The van der Waals surface area contributed by atoms with Crippen molar-refractivity contribution in [3.8, 4) is 22.3 Å². The first-order valence-corrected chi connectivity index (χ1v) is 24.8. The van der Waals surface area contributed by atoms with Crippen LogP contribution in [0.4, 0.5) is 0 Å². The molecule has 0 saturated heterocycles. The monoisotopic (exact) mass is 886 g/mol. The Bertz CT molecular complexity index is 4420. The van der Waals surface area contributed by atoms with Crippen LogP contribution in [0.2, 0.25) is 0 Å². The molecule has 1 nitrogen and oxygen atoms in total. The number of benzene rings is 10. The minimum Gasteiger partial charge on any atom is -0.455 e. The molecule has 13 aromatic rings. The van der Waals surface area contributed by atoms with Crippen LogP contribution in [0.25, 0.3) is 117 Å². The summed E-state index contributed by atoms with van der Waals surface area (Å²) in [5.41, 5.74) is 11.9. The topological polar surface area (TPSA) is 13.1 Å². The minimum absolute atomic E-state index is 0.168. The summed E-state index contributed by atoms with van der Waals surface area (Å²) in [6, 6.07) is 72.3. The van der Waals surface area contributed by atoms with E-state index in [1.54, 1.807) is 0 Å². The van der Waals surface area contributed by atoms with Crippen molar-refractivity contribution in [2.75, 3.05) is 0 Å². The van der Waals surface area contributed by atoms with Crippen molar-refractivity contribution in [2.45, 2.75) is 0 Å². The van der Waals surface area contributed by atoms with Crippen LogP contribution in [0.3, 0.4) is 0 Å². The van der Waals surface area contributed by atoms with Gasteiger partial charge in [-0.1, -0.05) is 182 Å². The first kappa shape index (κ1) is 37.4. The van der Waals surface area contributed by atoms with Gasteiger partial charge in [-0.2, -0.15) is 0 Å². The zero-order chi connectivity index (χ0) is 43.7. The van der Waals surface area contributed by atoms with E-state index in [2.05, 4.69) is 218 Å². The van der Waals surface area contributed by atoms with Crippen LogP contribution >= 0.6 is 22.7 Å². The second kappa shape index (κ2) is 14.3. The lowest BCUT2D eigenvalue weighted by Gasteiger charge is -2.33. The van der Waals surface area contributed by atoms with E-state index in [9.17, 15) is 0 Å². The van der Waals surface area contributed by atoms with Gasteiger partial charge in [-0.3, -0.25) is 0 Å². The summed E-state index contributed by atoms with van der Waals surface area (Å²) >= 11 is 3.77. The molecule has 10 aromatic carbocycles. The van der Waals surface area contributed by atoms with Gasteiger partial charge in [-0.25, -0.2) is 0 Å². The minimum atomic E-state index is 0.168. The van der Waals surface area contributed by atoms with E-state index in [0.29, 0.717) is 0 Å². The summed E-state index contributed by atoms with van der Waals surface area (Å²) in [7, 11) is 0. The summed E-state index contributed by atoms with van der Waals surface area (Å²) in [6.45, 7) is 0. The SMILES string of the molecule is C1=CC2C(c3ccc4c(c3)oc3c(-c5c6ccccc6c(-c6ccc7c(c6)sc6ccccc67)c6ccccc56)cccc34)=c3ccccc3=C(c3ccc4c(c3)sc3ccccc34)C2C=C1. The lowest BCUT2D eigenvalue weighted by atomic mass is 9.70. The Hall–Kier alpha value is -7.82. The number of allylic oxidation sites excluding steroid dienone is 4. The van der Waals surface area contributed by atoms with E-state index in [1.807, 2.05) is 22.7 Å². The molecule has 0 radical (unpaired) electrons. The number of rotatable bonds is 4. The molecule has 2 aliphatic carbocycles. The van der Waals surface area contributed by atoms with Crippen LogP contribution in [0.5, 0.6) is 0 Å². The van der Waals surface area contributed by atoms with E-state index in [4.69, 9.17) is 4.42 Å². The molecule has 0 aliphatic heterocycles. The zero-order valence-electron chi connectivity index (χ0n) is 36.2. The summed E-state index contributed by atoms with van der Waals surface area (Å²) in [5.74, 6) is 0.359. The number of furan rings is 1. The molecule has 2 aliphatic rings. The molecule has 3 aromatic heterocycles. The summed E-state index contributed by atoms with van der Waals surface area (Å²) < 4.78 is 12.5. The highest BCUT2D eigenvalue weighted by molar-refractivity contribution is 7.26. The summed E-state index contributed by atoms with van der Waals surface area (Å²) in [4.78, 5) is 0. The molecule has 15 rings (SSSR count). The Morgan fingerprint density at radius 3 is 1.37 bits per heavy atom. The van der Waals surface area contributed by atoms with Crippen LogP contribution in [-0.2, 0) is 0 Å². The van der Waals surface area contributed by atoms with Crippen LogP contribution in [0.15, 0.2) is 223 Å². The van der Waals surface area contributed by atoms with Gasteiger partial charge < -0.3 is 4.42 Å².